The molecule has 0 bridgehead atoms. The first-order chi connectivity index (χ1) is 26.3. The highest BCUT2D eigenvalue weighted by Crippen LogP contribution is 2.50. The molecule has 0 aliphatic heterocycles. The maximum Gasteiger partial charge on any atom is 0.247 e. The van der Waals surface area contributed by atoms with Crippen LogP contribution in [0.2, 0.25) is 0 Å². The largest absolute Gasteiger partial charge is 0.436 e. The topological polar surface area (TPSA) is 43.9 Å². The molecule has 0 aliphatic carbocycles. The number of hydrogen-bond acceptors (Lipinski definition) is 4. The lowest BCUT2D eigenvalue weighted by Gasteiger charge is -2.14. The van der Waals surface area contributed by atoms with Gasteiger partial charge in [0.25, 0.3) is 0 Å². The van der Waals surface area contributed by atoms with Gasteiger partial charge in [-0.25, -0.2) is 9.97 Å². The van der Waals surface area contributed by atoms with Gasteiger partial charge in [-0.3, -0.25) is 4.57 Å². The van der Waals surface area contributed by atoms with Crippen LogP contribution in [0.3, 0.4) is 0 Å². The molecule has 0 aliphatic rings. The minimum absolute atomic E-state index is 0.528. The van der Waals surface area contributed by atoms with Gasteiger partial charge in [0, 0.05) is 37.2 Å². The quantitative estimate of drug-likeness (QED) is 0.185. The molecule has 4 heterocycles. The van der Waals surface area contributed by atoms with E-state index in [1.165, 1.54) is 52.5 Å². The number of hydrogen-bond donors (Lipinski definition) is 0. The number of aromatic nitrogens is 3. The molecule has 0 radical (unpaired) electrons. The van der Waals surface area contributed by atoms with Crippen molar-refractivity contribution in [2.45, 2.75) is 0 Å². The molecule has 0 saturated carbocycles. The van der Waals surface area contributed by atoms with Gasteiger partial charge in [0.1, 0.15) is 16.8 Å². The van der Waals surface area contributed by atoms with Crippen molar-refractivity contribution < 1.29 is 4.42 Å². The number of fused-ring (bicyclic) bond motifs is 15. The Kier molecular flexibility index (Phi) is 5.90. The lowest BCUT2D eigenvalue weighted by molar-refractivity contribution is 0.653. The second-order valence-electron chi connectivity index (χ2n) is 13.7. The van der Waals surface area contributed by atoms with Crippen molar-refractivity contribution in [3.05, 3.63) is 164 Å². The monoisotopic (exact) mass is 693 g/mol. The first kappa shape index (κ1) is 28.8. The first-order valence-corrected chi connectivity index (χ1v) is 18.7. The predicted octanol–water partition coefficient (Wildman–Crippen LogP) is 13.5. The fourth-order valence-electron chi connectivity index (χ4n) is 8.47. The molecule has 53 heavy (non-hydrogen) atoms. The average molecular weight is 694 g/mol. The van der Waals surface area contributed by atoms with Gasteiger partial charge in [-0.1, -0.05) is 140 Å². The predicted molar refractivity (Wildman–Crippen MR) is 222 cm³/mol. The lowest BCUT2D eigenvalue weighted by atomic mass is 9.98. The van der Waals surface area contributed by atoms with Crippen molar-refractivity contribution in [2.75, 3.05) is 0 Å². The van der Waals surface area contributed by atoms with Crippen LogP contribution >= 0.6 is 11.3 Å². The average Bonchev–Trinajstić information content (AvgIpc) is 3.91. The molecule has 0 saturated heterocycles. The Bertz CT molecular complexity index is 3460. The van der Waals surface area contributed by atoms with E-state index in [1.807, 2.05) is 29.5 Å². The third kappa shape index (κ3) is 4.05. The van der Waals surface area contributed by atoms with Crippen LogP contribution in [-0.2, 0) is 0 Å². The zero-order chi connectivity index (χ0) is 34.6. The standard InChI is InChI=1S/C48H27N3OS/c1-2-13-28(14-3-1)30-16-12-17-31(27-30)42-47(49-43-36-22-9-11-24-39(36)52-48(43)50-42)51-38-23-10-8-21-35(38)40-33-19-6-7-20-34(33)41-37-26-25-29-15-4-5-18-32(29)45(37)53-46(41)44(40)51/h1-27H. The second-order valence-corrected chi connectivity index (χ2v) is 14.7. The molecule has 0 N–H and O–H groups in total. The van der Waals surface area contributed by atoms with E-state index in [1.54, 1.807) is 0 Å². The van der Waals surface area contributed by atoms with E-state index in [9.17, 15) is 0 Å². The number of rotatable bonds is 3. The molecule has 4 aromatic heterocycles. The third-order valence-corrected chi connectivity index (χ3v) is 12.0. The summed E-state index contributed by atoms with van der Waals surface area (Å²) in [6.45, 7) is 0. The molecule has 4 nitrogen and oxygen atoms in total. The lowest BCUT2D eigenvalue weighted by Crippen LogP contribution is -2.03. The number of thiophene rings is 1. The Morgan fingerprint density at radius 2 is 1.15 bits per heavy atom. The molecule has 0 unspecified atom stereocenters. The van der Waals surface area contributed by atoms with Crippen LogP contribution in [0.25, 0.3) is 114 Å². The molecule has 0 spiro atoms. The Hall–Kier alpha value is -6.82. The smallest absolute Gasteiger partial charge is 0.247 e. The fourth-order valence-corrected chi connectivity index (χ4v) is 9.86. The van der Waals surface area contributed by atoms with Gasteiger partial charge >= 0.3 is 0 Å². The zero-order valence-corrected chi connectivity index (χ0v) is 29.1. The van der Waals surface area contributed by atoms with Crippen LogP contribution in [0.15, 0.2) is 168 Å². The van der Waals surface area contributed by atoms with Crippen LogP contribution in [0, 0.1) is 0 Å². The number of furan rings is 1. The van der Waals surface area contributed by atoms with Crippen molar-refractivity contribution in [1.82, 2.24) is 14.5 Å². The SMILES string of the molecule is c1ccc(-c2cccc(-c3nc4oc5ccccc5c4nc3-n3c4ccccc4c4c5ccccc5c5c6ccc7ccccc7c6sc5c43)c2)cc1. The summed E-state index contributed by atoms with van der Waals surface area (Å²) in [5.41, 5.74) is 8.30. The van der Waals surface area contributed by atoms with E-state index in [2.05, 4.69) is 150 Å². The Labute approximate surface area is 306 Å². The minimum Gasteiger partial charge on any atom is -0.436 e. The summed E-state index contributed by atoms with van der Waals surface area (Å²) >= 11 is 1.88. The van der Waals surface area contributed by atoms with Gasteiger partial charge in [0.15, 0.2) is 5.82 Å². The van der Waals surface area contributed by atoms with E-state index in [-0.39, 0.29) is 0 Å². The van der Waals surface area contributed by atoms with Crippen LogP contribution in [0.4, 0.5) is 0 Å². The molecule has 5 heteroatoms. The first-order valence-electron chi connectivity index (χ1n) is 17.8. The summed E-state index contributed by atoms with van der Waals surface area (Å²) in [7, 11) is 0. The van der Waals surface area contributed by atoms with Crippen LogP contribution in [0.5, 0.6) is 0 Å². The minimum atomic E-state index is 0.528. The molecule has 0 fully saturated rings. The fraction of sp³-hybridized carbons (Fsp3) is 0. The highest BCUT2D eigenvalue weighted by atomic mass is 32.1. The molecular formula is C48H27N3OS. The zero-order valence-electron chi connectivity index (χ0n) is 28.2. The van der Waals surface area contributed by atoms with Crippen molar-refractivity contribution in [1.29, 1.82) is 0 Å². The Morgan fingerprint density at radius 3 is 2.02 bits per heavy atom. The van der Waals surface area contributed by atoms with Crippen LogP contribution < -0.4 is 0 Å². The van der Waals surface area contributed by atoms with Gasteiger partial charge < -0.3 is 4.42 Å². The van der Waals surface area contributed by atoms with E-state index >= 15 is 0 Å². The summed E-state index contributed by atoms with van der Waals surface area (Å²) in [6.07, 6.45) is 0. The van der Waals surface area contributed by atoms with Gasteiger partial charge in [-0.05, 0) is 56.9 Å². The summed E-state index contributed by atoms with van der Waals surface area (Å²) in [4.78, 5) is 11.0. The molecule has 12 rings (SSSR count). The maximum atomic E-state index is 6.40. The molecule has 12 aromatic rings. The Morgan fingerprint density at radius 1 is 0.472 bits per heavy atom. The molecule has 8 aromatic carbocycles. The summed E-state index contributed by atoms with van der Waals surface area (Å²) in [5.74, 6) is 0.777. The summed E-state index contributed by atoms with van der Waals surface area (Å²) in [5, 5.41) is 10.9. The van der Waals surface area contributed by atoms with Crippen molar-refractivity contribution >= 4 is 97.1 Å². The summed E-state index contributed by atoms with van der Waals surface area (Å²) in [6, 6.07) is 58.2. The molecular weight excluding hydrogens is 667 g/mol. The molecule has 0 atom stereocenters. The molecule has 0 amide bonds. The van der Waals surface area contributed by atoms with Crippen molar-refractivity contribution in [2.24, 2.45) is 0 Å². The van der Waals surface area contributed by atoms with Gasteiger partial charge in [0.2, 0.25) is 5.71 Å². The normalized spacial score (nSPS) is 12.2. The van der Waals surface area contributed by atoms with Gasteiger partial charge in [-0.2, -0.15) is 0 Å². The van der Waals surface area contributed by atoms with E-state index < -0.39 is 0 Å². The van der Waals surface area contributed by atoms with Gasteiger partial charge in [0.05, 0.1) is 15.7 Å². The maximum absolute atomic E-state index is 6.40. The van der Waals surface area contributed by atoms with E-state index in [4.69, 9.17) is 14.4 Å². The third-order valence-electron chi connectivity index (χ3n) is 10.8. The highest BCUT2D eigenvalue weighted by Gasteiger charge is 2.26. The summed E-state index contributed by atoms with van der Waals surface area (Å²) < 4.78 is 11.3. The van der Waals surface area contributed by atoms with Gasteiger partial charge in [-0.15, -0.1) is 11.3 Å². The van der Waals surface area contributed by atoms with E-state index in [0.717, 1.165) is 55.7 Å². The van der Waals surface area contributed by atoms with Crippen LogP contribution in [-0.4, -0.2) is 14.5 Å². The second kappa shape index (κ2) is 10.8. The molecule has 246 valence electrons. The van der Waals surface area contributed by atoms with Crippen molar-refractivity contribution in [3.63, 3.8) is 0 Å². The van der Waals surface area contributed by atoms with Crippen molar-refractivity contribution in [3.8, 4) is 28.2 Å². The van der Waals surface area contributed by atoms with E-state index in [0.29, 0.717) is 5.71 Å². The Balaban J connectivity index is 1.30. The van der Waals surface area contributed by atoms with Crippen LogP contribution in [0.1, 0.15) is 0 Å². The number of para-hydroxylation sites is 2. The highest BCUT2D eigenvalue weighted by molar-refractivity contribution is 7.27. The number of nitrogens with zero attached hydrogens (tertiary/aromatic N) is 3. The number of benzene rings is 8.